The predicted molar refractivity (Wildman–Crippen MR) is 101 cm³/mol. The highest BCUT2D eigenvalue weighted by molar-refractivity contribution is 7.13. The lowest BCUT2D eigenvalue weighted by molar-refractivity contribution is -0.117. The second-order valence-electron chi connectivity index (χ2n) is 6.11. The smallest absolute Gasteiger partial charge is 0.227 e. The Morgan fingerprint density at radius 2 is 1.96 bits per heavy atom. The molecule has 0 spiro atoms. The summed E-state index contributed by atoms with van der Waals surface area (Å²) in [6.45, 7) is 0. The van der Waals surface area contributed by atoms with Crippen molar-refractivity contribution in [3.8, 4) is 27.6 Å². The molecule has 0 atom stereocenters. The van der Waals surface area contributed by atoms with Crippen molar-refractivity contribution in [3.63, 3.8) is 0 Å². The number of carbonyl (C=O) groups is 1. The van der Waals surface area contributed by atoms with E-state index in [1.54, 1.807) is 18.4 Å². The standard InChI is InChI=1S/C20H18N2O2S/c1-24-17-9-7-13(8-10-17)18-12-25-20(22-18)15-3-2-4-16(11-15)21-19(23)14-5-6-14/h2-4,7-12,14H,5-6H2,1H3,(H,21,23). The normalized spacial score (nSPS) is 13.5. The minimum absolute atomic E-state index is 0.121. The van der Waals surface area contributed by atoms with Crippen molar-refractivity contribution in [2.24, 2.45) is 5.92 Å². The van der Waals surface area contributed by atoms with Crippen molar-refractivity contribution in [1.82, 2.24) is 4.98 Å². The minimum atomic E-state index is 0.121. The van der Waals surface area contributed by atoms with Gasteiger partial charge in [0.15, 0.2) is 0 Å². The van der Waals surface area contributed by atoms with Gasteiger partial charge in [-0.3, -0.25) is 4.79 Å². The molecular formula is C20H18N2O2S. The van der Waals surface area contributed by atoms with Crippen LogP contribution in [0.1, 0.15) is 12.8 Å². The van der Waals surface area contributed by atoms with E-state index in [1.807, 2.05) is 53.9 Å². The maximum Gasteiger partial charge on any atom is 0.227 e. The van der Waals surface area contributed by atoms with E-state index in [9.17, 15) is 4.79 Å². The van der Waals surface area contributed by atoms with Gasteiger partial charge in [-0.1, -0.05) is 12.1 Å². The fourth-order valence-corrected chi connectivity index (χ4v) is 3.45. The highest BCUT2D eigenvalue weighted by Crippen LogP contribution is 2.32. The Morgan fingerprint density at radius 3 is 2.68 bits per heavy atom. The van der Waals surface area contributed by atoms with Gasteiger partial charge in [-0.2, -0.15) is 0 Å². The van der Waals surface area contributed by atoms with Crippen molar-refractivity contribution >= 4 is 22.9 Å². The summed E-state index contributed by atoms with van der Waals surface area (Å²) in [5, 5.41) is 5.98. The molecule has 4 rings (SSSR count). The Balaban J connectivity index is 1.55. The molecule has 25 heavy (non-hydrogen) atoms. The van der Waals surface area contributed by atoms with Gasteiger partial charge in [0.2, 0.25) is 5.91 Å². The summed E-state index contributed by atoms with van der Waals surface area (Å²) in [6, 6.07) is 15.7. The van der Waals surface area contributed by atoms with E-state index in [0.29, 0.717) is 0 Å². The summed E-state index contributed by atoms with van der Waals surface area (Å²) in [5.41, 5.74) is 3.84. The maximum atomic E-state index is 11.9. The number of thiazole rings is 1. The molecule has 4 nitrogen and oxygen atoms in total. The number of nitrogens with zero attached hydrogens (tertiary/aromatic N) is 1. The molecule has 0 saturated heterocycles. The second kappa shape index (κ2) is 6.69. The first-order chi connectivity index (χ1) is 12.2. The van der Waals surface area contributed by atoms with Crippen LogP contribution in [0, 0.1) is 5.92 Å². The Labute approximate surface area is 150 Å². The zero-order valence-electron chi connectivity index (χ0n) is 13.9. The van der Waals surface area contributed by atoms with Crippen LogP contribution in [-0.4, -0.2) is 18.0 Å². The molecule has 0 unspecified atom stereocenters. The van der Waals surface area contributed by atoms with Crippen molar-refractivity contribution in [3.05, 3.63) is 53.9 Å². The van der Waals surface area contributed by atoms with Crippen LogP contribution in [0.4, 0.5) is 5.69 Å². The first-order valence-electron chi connectivity index (χ1n) is 8.24. The molecule has 126 valence electrons. The third-order valence-electron chi connectivity index (χ3n) is 4.22. The molecule has 1 amide bonds. The van der Waals surface area contributed by atoms with Gasteiger partial charge < -0.3 is 10.1 Å². The fraction of sp³-hybridized carbons (Fsp3) is 0.200. The first-order valence-corrected chi connectivity index (χ1v) is 9.12. The van der Waals surface area contributed by atoms with Crippen LogP contribution >= 0.6 is 11.3 Å². The van der Waals surface area contributed by atoms with Gasteiger partial charge in [-0.25, -0.2) is 4.98 Å². The minimum Gasteiger partial charge on any atom is -0.497 e. The Hall–Kier alpha value is -2.66. The lowest BCUT2D eigenvalue weighted by Crippen LogP contribution is -2.13. The molecule has 1 aliphatic rings. The van der Waals surface area contributed by atoms with Crippen LogP contribution in [0.2, 0.25) is 0 Å². The number of anilines is 1. The number of hydrogen-bond donors (Lipinski definition) is 1. The lowest BCUT2D eigenvalue weighted by atomic mass is 10.1. The summed E-state index contributed by atoms with van der Waals surface area (Å²) in [5.74, 6) is 1.15. The van der Waals surface area contributed by atoms with Crippen LogP contribution in [0.5, 0.6) is 5.75 Å². The van der Waals surface area contributed by atoms with Crippen molar-refractivity contribution < 1.29 is 9.53 Å². The van der Waals surface area contributed by atoms with E-state index in [1.165, 1.54) is 0 Å². The van der Waals surface area contributed by atoms with Crippen molar-refractivity contribution in [1.29, 1.82) is 0 Å². The number of rotatable bonds is 5. The highest BCUT2D eigenvalue weighted by Gasteiger charge is 2.29. The van der Waals surface area contributed by atoms with E-state index in [-0.39, 0.29) is 11.8 Å². The number of amides is 1. The van der Waals surface area contributed by atoms with Gasteiger partial charge >= 0.3 is 0 Å². The van der Waals surface area contributed by atoms with Crippen LogP contribution in [0.25, 0.3) is 21.8 Å². The van der Waals surface area contributed by atoms with Gasteiger partial charge in [0.1, 0.15) is 10.8 Å². The Kier molecular flexibility index (Phi) is 4.24. The van der Waals surface area contributed by atoms with Crippen LogP contribution in [0.15, 0.2) is 53.9 Å². The Bertz CT molecular complexity index is 898. The quantitative estimate of drug-likeness (QED) is 0.717. The molecule has 1 aromatic heterocycles. The molecule has 1 N–H and O–H groups in total. The number of aromatic nitrogens is 1. The van der Waals surface area contributed by atoms with Crippen molar-refractivity contribution in [2.45, 2.75) is 12.8 Å². The predicted octanol–water partition coefficient (Wildman–Crippen LogP) is 4.83. The number of nitrogens with one attached hydrogen (secondary N) is 1. The molecule has 3 aromatic rings. The van der Waals surface area contributed by atoms with Crippen LogP contribution < -0.4 is 10.1 Å². The lowest BCUT2D eigenvalue weighted by Gasteiger charge is -2.05. The van der Waals surface area contributed by atoms with Gasteiger partial charge in [0, 0.05) is 28.1 Å². The summed E-state index contributed by atoms with van der Waals surface area (Å²) in [7, 11) is 1.66. The van der Waals surface area contributed by atoms with Gasteiger partial charge in [0.05, 0.1) is 12.8 Å². The molecule has 0 radical (unpaired) electrons. The fourth-order valence-electron chi connectivity index (χ4n) is 2.62. The number of carbonyl (C=O) groups excluding carboxylic acids is 1. The summed E-state index contributed by atoms with van der Waals surface area (Å²) >= 11 is 1.60. The molecule has 5 heteroatoms. The monoisotopic (exact) mass is 350 g/mol. The number of ether oxygens (including phenoxy) is 1. The zero-order valence-corrected chi connectivity index (χ0v) is 14.7. The third kappa shape index (κ3) is 3.56. The SMILES string of the molecule is COc1ccc(-c2csc(-c3cccc(NC(=O)C4CC4)c3)n2)cc1. The van der Waals surface area contributed by atoms with E-state index in [0.717, 1.165) is 46.1 Å². The maximum absolute atomic E-state index is 11.9. The van der Waals surface area contributed by atoms with Gasteiger partial charge in [-0.15, -0.1) is 11.3 Å². The average molecular weight is 350 g/mol. The highest BCUT2D eigenvalue weighted by atomic mass is 32.1. The molecule has 0 bridgehead atoms. The first kappa shape index (κ1) is 15.8. The van der Waals surface area contributed by atoms with Gasteiger partial charge in [0.25, 0.3) is 0 Å². The second-order valence-corrected chi connectivity index (χ2v) is 6.97. The van der Waals surface area contributed by atoms with Crippen molar-refractivity contribution in [2.75, 3.05) is 12.4 Å². The summed E-state index contributed by atoms with van der Waals surface area (Å²) in [4.78, 5) is 16.7. The third-order valence-corrected chi connectivity index (χ3v) is 5.11. The molecule has 2 aromatic carbocycles. The molecule has 0 aliphatic heterocycles. The van der Waals surface area contributed by atoms with E-state index < -0.39 is 0 Å². The topological polar surface area (TPSA) is 51.2 Å². The van der Waals surface area contributed by atoms with E-state index in [2.05, 4.69) is 5.32 Å². The van der Waals surface area contributed by atoms with E-state index >= 15 is 0 Å². The number of methoxy groups -OCH3 is 1. The van der Waals surface area contributed by atoms with Gasteiger partial charge in [-0.05, 0) is 49.2 Å². The largest absolute Gasteiger partial charge is 0.497 e. The zero-order chi connectivity index (χ0) is 17.2. The average Bonchev–Trinajstić information content (AvgIpc) is 3.39. The summed E-state index contributed by atoms with van der Waals surface area (Å²) < 4.78 is 5.19. The molecule has 1 aliphatic carbocycles. The van der Waals surface area contributed by atoms with E-state index in [4.69, 9.17) is 9.72 Å². The number of benzene rings is 2. The molecule has 1 fully saturated rings. The summed E-state index contributed by atoms with van der Waals surface area (Å²) in [6.07, 6.45) is 2.01. The molecular weight excluding hydrogens is 332 g/mol. The molecule has 1 heterocycles. The van der Waals surface area contributed by atoms with Crippen LogP contribution in [0.3, 0.4) is 0 Å². The molecule has 1 saturated carbocycles. The number of hydrogen-bond acceptors (Lipinski definition) is 4. The van der Waals surface area contributed by atoms with Crippen LogP contribution in [-0.2, 0) is 4.79 Å². The Morgan fingerprint density at radius 1 is 1.16 bits per heavy atom.